The van der Waals surface area contributed by atoms with E-state index in [1.54, 1.807) is 0 Å². The van der Waals surface area contributed by atoms with Crippen molar-refractivity contribution >= 4 is 12.1 Å². The molecule has 0 saturated heterocycles. The third-order valence-electron chi connectivity index (χ3n) is 3.26. The molecule has 1 N–H and O–H groups in total. The van der Waals surface area contributed by atoms with Gasteiger partial charge in [0.2, 0.25) is 0 Å². The van der Waals surface area contributed by atoms with E-state index in [0.717, 1.165) is 23.3 Å². The Kier molecular flexibility index (Phi) is 5.16. The Labute approximate surface area is 123 Å². The Morgan fingerprint density at radius 1 is 1.33 bits per heavy atom. The van der Waals surface area contributed by atoms with Crippen LogP contribution in [0.3, 0.4) is 0 Å². The van der Waals surface area contributed by atoms with Crippen LogP contribution in [0.4, 0.5) is 4.79 Å². The fraction of sp³-hybridized carbons (Fsp3) is 0.467. The molecule has 1 amide bonds. The minimum Gasteiger partial charge on any atom is -0.480 e. The summed E-state index contributed by atoms with van der Waals surface area (Å²) in [5.41, 5.74) is 0.848. The molecule has 1 aromatic rings. The van der Waals surface area contributed by atoms with E-state index in [-0.39, 0.29) is 19.3 Å². The first kappa shape index (κ1) is 15.3. The van der Waals surface area contributed by atoms with Crippen molar-refractivity contribution in [3.8, 4) is 0 Å². The highest BCUT2D eigenvalue weighted by atomic mass is 16.6. The number of ether oxygens (including phenoxy) is 2. The van der Waals surface area contributed by atoms with Crippen molar-refractivity contribution in [2.75, 3.05) is 13.7 Å². The van der Waals surface area contributed by atoms with Gasteiger partial charge < -0.3 is 14.6 Å². The van der Waals surface area contributed by atoms with E-state index in [1.807, 2.05) is 30.3 Å². The van der Waals surface area contributed by atoms with E-state index >= 15 is 0 Å². The summed E-state index contributed by atoms with van der Waals surface area (Å²) < 4.78 is 10.5. The Bertz CT molecular complexity index is 486. The van der Waals surface area contributed by atoms with Crippen LogP contribution >= 0.6 is 0 Å². The summed E-state index contributed by atoms with van der Waals surface area (Å²) in [6, 6.07) is 8.19. The molecule has 1 saturated carbocycles. The standard InChI is InChI=1S/C15H19NO5/c1-16(13(14(17)18)10-20-12-7-8-12)15(19)21-9-11-5-3-2-4-6-11/h2-6,12-13H,7-10H2,1H3,(H,17,18). The third kappa shape index (κ3) is 4.75. The molecule has 0 aliphatic heterocycles. The summed E-state index contributed by atoms with van der Waals surface area (Å²) in [5.74, 6) is -1.10. The monoisotopic (exact) mass is 293 g/mol. The Balaban J connectivity index is 1.84. The Hall–Kier alpha value is -2.08. The van der Waals surface area contributed by atoms with E-state index in [9.17, 15) is 14.7 Å². The fourth-order valence-electron chi connectivity index (χ4n) is 1.76. The van der Waals surface area contributed by atoms with Gasteiger partial charge in [0, 0.05) is 7.05 Å². The molecule has 2 rings (SSSR count). The molecule has 114 valence electrons. The molecule has 0 heterocycles. The van der Waals surface area contributed by atoms with Crippen LogP contribution in [0.1, 0.15) is 18.4 Å². The first-order valence-corrected chi connectivity index (χ1v) is 6.86. The molecule has 1 atom stereocenters. The highest BCUT2D eigenvalue weighted by Crippen LogP contribution is 2.23. The zero-order chi connectivity index (χ0) is 15.2. The van der Waals surface area contributed by atoms with Crippen molar-refractivity contribution in [3.05, 3.63) is 35.9 Å². The number of carbonyl (C=O) groups is 2. The van der Waals surface area contributed by atoms with E-state index < -0.39 is 18.1 Å². The molecule has 1 aromatic carbocycles. The minimum absolute atomic E-state index is 0.0169. The second-order valence-corrected chi connectivity index (χ2v) is 5.04. The number of carboxylic acids is 1. The predicted octanol–water partition coefficient (Wildman–Crippen LogP) is 1.89. The summed E-state index contributed by atoms with van der Waals surface area (Å²) in [5, 5.41) is 9.18. The number of hydrogen-bond acceptors (Lipinski definition) is 4. The van der Waals surface area contributed by atoms with Gasteiger partial charge in [0.15, 0.2) is 6.04 Å². The number of rotatable bonds is 7. The quantitative estimate of drug-likeness (QED) is 0.830. The highest BCUT2D eigenvalue weighted by Gasteiger charge is 2.31. The molecule has 0 aromatic heterocycles. The average molecular weight is 293 g/mol. The van der Waals surface area contributed by atoms with Gasteiger partial charge in [-0.2, -0.15) is 0 Å². The van der Waals surface area contributed by atoms with E-state index in [4.69, 9.17) is 9.47 Å². The topological polar surface area (TPSA) is 76.1 Å². The van der Waals surface area contributed by atoms with Gasteiger partial charge >= 0.3 is 12.1 Å². The molecular formula is C15H19NO5. The van der Waals surface area contributed by atoms with Crippen molar-refractivity contribution in [2.24, 2.45) is 0 Å². The van der Waals surface area contributed by atoms with Crippen molar-refractivity contribution in [2.45, 2.75) is 31.6 Å². The summed E-state index contributed by atoms with van der Waals surface area (Å²) in [4.78, 5) is 24.2. The SMILES string of the molecule is CN(C(=O)OCc1ccccc1)C(COC1CC1)C(=O)O. The predicted molar refractivity (Wildman–Crippen MR) is 74.8 cm³/mol. The number of benzene rings is 1. The van der Waals surface area contributed by atoms with Gasteiger partial charge in [0.1, 0.15) is 6.61 Å². The van der Waals surface area contributed by atoms with Crippen LogP contribution in [-0.4, -0.2) is 47.9 Å². The summed E-state index contributed by atoms with van der Waals surface area (Å²) in [6.45, 7) is 0.0940. The molecule has 6 heteroatoms. The maximum Gasteiger partial charge on any atom is 0.410 e. The molecule has 21 heavy (non-hydrogen) atoms. The number of hydrogen-bond donors (Lipinski definition) is 1. The first-order chi connectivity index (χ1) is 10.1. The molecule has 1 aliphatic carbocycles. The maximum atomic E-state index is 11.9. The minimum atomic E-state index is -1.10. The first-order valence-electron chi connectivity index (χ1n) is 6.86. The lowest BCUT2D eigenvalue weighted by Gasteiger charge is -2.24. The van der Waals surface area contributed by atoms with Crippen molar-refractivity contribution in [1.82, 2.24) is 4.90 Å². The average Bonchev–Trinajstić information content (AvgIpc) is 3.29. The highest BCUT2D eigenvalue weighted by molar-refractivity contribution is 5.80. The number of carboxylic acid groups (broad SMARTS) is 1. The van der Waals surface area contributed by atoms with Gasteiger partial charge in [-0.25, -0.2) is 9.59 Å². The van der Waals surface area contributed by atoms with E-state index in [0.29, 0.717) is 0 Å². The molecule has 1 fully saturated rings. The largest absolute Gasteiger partial charge is 0.480 e. The van der Waals surface area contributed by atoms with Crippen LogP contribution in [0, 0.1) is 0 Å². The number of carbonyl (C=O) groups excluding carboxylic acids is 1. The second kappa shape index (κ2) is 7.08. The van der Waals surface area contributed by atoms with Crippen molar-refractivity contribution < 1.29 is 24.2 Å². The smallest absolute Gasteiger partial charge is 0.410 e. The van der Waals surface area contributed by atoms with Crippen LogP contribution in [0.5, 0.6) is 0 Å². The van der Waals surface area contributed by atoms with Crippen LogP contribution in [0.2, 0.25) is 0 Å². The molecular weight excluding hydrogens is 274 g/mol. The number of amides is 1. The molecule has 6 nitrogen and oxygen atoms in total. The third-order valence-corrected chi connectivity index (χ3v) is 3.26. The Morgan fingerprint density at radius 3 is 2.57 bits per heavy atom. The summed E-state index contributed by atoms with van der Waals surface area (Å²) in [6.07, 6.45) is 1.37. The zero-order valence-corrected chi connectivity index (χ0v) is 11.9. The number of nitrogens with zero attached hydrogens (tertiary/aromatic N) is 1. The maximum absolute atomic E-state index is 11.9. The Morgan fingerprint density at radius 2 is 2.00 bits per heavy atom. The summed E-state index contributed by atoms with van der Waals surface area (Å²) >= 11 is 0. The lowest BCUT2D eigenvalue weighted by Crippen LogP contribution is -2.45. The molecule has 0 radical (unpaired) electrons. The molecule has 0 bridgehead atoms. The molecule has 1 unspecified atom stereocenters. The van der Waals surface area contributed by atoms with Crippen LogP contribution < -0.4 is 0 Å². The van der Waals surface area contributed by atoms with Crippen LogP contribution in [0.25, 0.3) is 0 Å². The number of aliphatic carboxylic acids is 1. The van der Waals surface area contributed by atoms with Crippen molar-refractivity contribution in [1.29, 1.82) is 0 Å². The van der Waals surface area contributed by atoms with Gasteiger partial charge in [0.25, 0.3) is 0 Å². The lowest BCUT2D eigenvalue weighted by molar-refractivity contribution is -0.144. The van der Waals surface area contributed by atoms with E-state index in [1.165, 1.54) is 7.05 Å². The van der Waals surface area contributed by atoms with Gasteiger partial charge in [-0.1, -0.05) is 30.3 Å². The van der Waals surface area contributed by atoms with Gasteiger partial charge in [-0.05, 0) is 18.4 Å². The van der Waals surface area contributed by atoms with Crippen LogP contribution in [-0.2, 0) is 20.9 Å². The van der Waals surface area contributed by atoms with E-state index in [2.05, 4.69) is 0 Å². The zero-order valence-electron chi connectivity index (χ0n) is 11.9. The fourth-order valence-corrected chi connectivity index (χ4v) is 1.76. The van der Waals surface area contributed by atoms with Gasteiger partial charge in [0.05, 0.1) is 12.7 Å². The van der Waals surface area contributed by atoms with Gasteiger partial charge in [-0.15, -0.1) is 0 Å². The number of likely N-dealkylation sites (N-methyl/N-ethyl adjacent to an activating group) is 1. The second-order valence-electron chi connectivity index (χ2n) is 5.04. The molecule has 1 aliphatic rings. The van der Waals surface area contributed by atoms with Gasteiger partial charge in [-0.3, -0.25) is 4.90 Å². The van der Waals surface area contributed by atoms with Crippen molar-refractivity contribution in [3.63, 3.8) is 0 Å². The normalized spacial score (nSPS) is 15.3. The lowest BCUT2D eigenvalue weighted by atomic mass is 10.2. The summed E-state index contributed by atoms with van der Waals surface area (Å²) in [7, 11) is 1.41. The van der Waals surface area contributed by atoms with Crippen LogP contribution in [0.15, 0.2) is 30.3 Å². The molecule has 0 spiro atoms.